The van der Waals surface area contributed by atoms with Crippen LogP contribution < -0.4 is 0 Å². The van der Waals surface area contributed by atoms with Gasteiger partial charge in [-0.3, -0.25) is 4.98 Å². The third-order valence-electron chi connectivity index (χ3n) is 0.658. The molecule has 0 aliphatic rings. The van der Waals surface area contributed by atoms with E-state index in [1.807, 2.05) is 24.1 Å². The Morgan fingerprint density at radius 1 is 1.30 bits per heavy atom. The lowest BCUT2D eigenvalue weighted by atomic mass is 10.5. The van der Waals surface area contributed by atoms with Gasteiger partial charge in [0.2, 0.25) is 0 Å². The van der Waals surface area contributed by atoms with Gasteiger partial charge in [0.05, 0.1) is 0 Å². The van der Waals surface area contributed by atoms with Crippen LogP contribution in [0, 0.1) is 12.3 Å². The molecule has 0 bridgehead atoms. The molecule has 1 rings (SSSR count). The first kappa shape index (κ1) is 8.67. The lowest BCUT2D eigenvalue weighted by Gasteiger charge is -1.70. The smallest absolute Gasteiger partial charge is 0.103 e. The highest BCUT2D eigenvalue weighted by atomic mass is 16.2. The highest BCUT2D eigenvalue weighted by molar-refractivity contribution is 4.88. The molecule has 0 atom stereocenters. The minimum atomic E-state index is -0.153. The number of nitrogens with zero attached hydrogens (tertiary/aromatic N) is 1. The van der Waals surface area contributed by atoms with Crippen LogP contribution in [0.3, 0.4) is 0 Å². The molecule has 10 heavy (non-hydrogen) atoms. The molecule has 2 heteroatoms. The molecular weight excluding hydrogens is 126 g/mol. The molecule has 1 N–H and O–H groups in total. The van der Waals surface area contributed by atoms with Gasteiger partial charge in [-0.05, 0) is 12.1 Å². The zero-order valence-corrected chi connectivity index (χ0v) is 5.57. The zero-order chi connectivity index (χ0) is 7.66. The maximum absolute atomic E-state index is 7.64. The number of hydrogen-bond acceptors (Lipinski definition) is 2. The average Bonchev–Trinajstić information content (AvgIpc) is 2.08. The van der Waals surface area contributed by atoms with Crippen molar-refractivity contribution in [3.63, 3.8) is 0 Å². The van der Waals surface area contributed by atoms with Crippen LogP contribution in [-0.4, -0.2) is 16.7 Å². The highest BCUT2D eigenvalue weighted by Crippen LogP contribution is 1.73. The highest BCUT2D eigenvalue weighted by Gasteiger charge is 1.58. The molecule has 0 aliphatic carbocycles. The first-order valence-corrected chi connectivity index (χ1v) is 2.81. The monoisotopic (exact) mass is 135 g/mol. The second kappa shape index (κ2) is 7.67. The topological polar surface area (TPSA) is 33.1 Å². The van der Waals surface area contributed by atoms with Crippen LogP contribution in [0.5, 0.6) is 0 Å². The summed E-state index contributed by atoms with van der Waals surface area (Å²) in [5.41, 5.74) is 0. The summed E-state index contributed by atoms with van der Waals surface area (Å²) in [6, 6.07) is 5.72. The van der Waals surface area contributed by atoms with Gasteiger partial charge >= 0.3 is 0 Å². The molecule has 1 aromatic heterocycles. The fourth-order valence-electron chi connectivity index (χ4n) is 0.313. The Hall–Kier alpha value is -1.33. The first-order valence-electron chi connectivity index (χ1n) is 2.81. The van der Waals surface area contributed by atoms with E-state index in [2.05, 4.69) is 11.4 Å². The normalized spacial score (nSPS) is 6.80. The van der Waals surface area contributed by atoms with Crippen molar-refractivity contribution in [2.24, 2.45) is 0 Å². The van der Waals surface area contributed by atoms with E-state index in [1.165, 1.54) is 0 Å². The molecule has 0 saturated heterocycles. The van der Waals surface area contributed by atoms with Gasteiger partial charge in [0.25, 0.3) is 0 Å². The Morgan fingerprint density at radius 2 is 1.80 bits per heavy atom. The van der Waals surface area contributed by atoms with Crippen LogP contribution in [0.15, 0.2) is 30.6 Å². The van der Waals surface area contributed by atoms with Crippen LogP contribution in [0.1, 0.15) is 0 Å². The van der Waals surface area contributed by atoms with Crippen molar-refractivity contribution in [1.82, 2.24) is 4.98 Å². The molecule has 0 aromatic carbocycles. The predicted molar refractivity (Wildman–Crippen MR) is 40.2 cm³/mol. The average molecular weight is 135 g/mol. The molecule has 2 nitrogen and oxygen atoms in total. The number of pyridine rings is 1. The van der Waals surface area contributed by atoms with Gasteiger partial charge in [-0.25, -0.2) is 0 Å². The van der Waals surface area contributed by atoms with Crippen molar-refractivity contribution in [2.75, 3.05) is 6.61 Å². The summed E-state index contributed by atoms with van der Waals surface area (Å²) < 4.78 is 0. The Labute approximate surface area is 60.5 Å². The number of aliphatic hydroxyl groups excluding tert-OH is 1. The van der Waals surface area contributed by atoms with E-state index in [0.29, 0.717) is 0 Å². The molecule has 52 valence electrons. The molecule has 0 aliphatic heterocycles. The van der Waals surface area contributed by atoms with E-state index in [0.717, 1.165) is 0 Å². The fraction of sp³-hybridized carbons (Fsp3) is 0.125. The lowest BCUT2D eigenvalue weighted by Crippen LogP contribution is -1.64. The second-order valence-corrected chi connectivity index (χ2v) is 1.39. The summed E-state index contributed by atoms with van der Waals surface area (Å²) in [5.74, 6) is 1.99. The SMILES string of the molecule is C#CCO.c1ccncc1. The number of aliphatic hydroxyl groups is 1. The molecule has 0 unspecified atom stereocenters. The number of aromatic nitrogens is 1. The van der Waals surface area contributed by atoms with Gasteiger partial charge in [0, 0.05) is 12.4 Å². The summed E-state index contributed by atoms with van der Waals surface area (Å²) in [4.78, 5) is 3.78. The third kappa shape index (κ3) is 6.67. The van der Waals surface area contributed by atoms with E-state index in [1.54, 1.807) is 12.4 Å². The molecular formula is C8H9NO. The summed E-state index contributed by atoms with van der Waals surface area (Å²) in [6.45, 7) is -0.153. The Kier molecular flexibility index (Phi) is 6.65. The minimum absolute atomic E-state index is 0.153. The number of hydrogen-bond donors (Lipinski definition) is 1. The van der Waals surface area contributed by atoms with Gasteiger partial charge in [0.1, 0.15) is 6.61 Å². The Bertz CT molecular complexity index is 151. The summed E-state index contributed by atoms with van der Waals surface area (Å²) in [5, 5.41) is 7.64. The zero-order valence-electron chi connectivity index (χ0n) is 5.57. The second-order valence-electron chi connectivity index (χ2n) is 1.39. The number of rotatable bonds is 0. The van der Waals surface area contributed by atoms with Crippen molar-refractivity contribution in [1.29, 1.82) is 0 Å². The molecule has 0 saturated carbocycles. The summed E-state index contributed by atoms with van der Waals surface area (Å²) in [6.07, 6.45) is 8.03. The maximum atomic E-state index is 7.64. The van der Waals surface area contributed by atoms with Crippen LogP contribution in [-0.2, 0) is 0 Å². The van der Waals surface area contributed by atoms with E-state index < -0.39 is 0 Å². The fourth-order valence-corrected chi connectivity index (χ4v) is 0.313. The molecule has 0 radical (unpaired) electrons. The van der Waals surface area contributed by atoms with Gasteiger partial charge < -0.3 is 5.11 Å². The van der Waals surface area contributed by atoms with Crippen molar-refractivity contribution in [3.8, 4) is 12.3 Å². The van der Waals surface area contributed by atoms with E-state index in [9.17, 15) is 0 Å². The Morgan fingerprint density at radius 3 is 1.90 bits per heavy atom. The summed E-state index contributed by atoms with van der Waals surface area (Å²) in [7, 11) is 0. The minimum Gasteiger partial charge on any atom is -0.384 e. The van der Waals surface area contributed by atoms with E-state index in [-0.39, 0.29) is 6.61 Å². The van der Waals surface area contributed by atoms with Crippen LogP contribution in [0.25, 0.3) is 0 Å². The molecule has 0 fully saturated rings. The van der Waals surface area contributed by atoms with Gasteiger partial charge in [-0.1, -0.05) is 12.0 Å². The van der Waals surface area contributed by atoms with Crippen LogP contribution in [0.2, 0.25) is 0 Å². The Balaban J connectivity index is 0.000000180. The van der Waals surface area contributed by atoms with Gasteiger partial charge in [0.15, 0.2) is 0 Å². The predicted octanol–water partition coefficient (Wildman–Crippen LogP) is 0.693. The van der Waals surface area contributed by atoms with E-state index >= 15 is 0 Å². The maximum Gasteiger partial charge on any atom is 0.103 e. The van der Waals surface area contributed by atoms with Crippen molar-refractivity contribution >= 4 is 0 Å². The quantitative estimate of drug-likeness (QED) is 0.531. The van der Waals surface area contributed by atoms with Crippen molar-refractivity contribution < 1.29 is 5.11 Å². The number of terminal acetylenes is 1. The lowest BCUT2D eigenvalue weighted by molar-refractivity contribution is 0.351. The summed E-state index contributed by atoms with van der Waals surface area (Å²) >= 11 is 0. The van der Waals surface area contributed by atoms with Crippen LogP contribution in [0.4, 0.5) is 0 Å². The molecule has 0 amide bonds. The molecule has 1 heterocycles. The molecule has 1 aromatic rings. The first-order chi connectivity index (χ1) is 4.91. The van der Waals surface area contributed by atoms with Crippen molar-refractivity contribution in [3.05, 3.63) is 30.6 Å². The standard InChI is InChI=1S/C5H5N.C3H4O/c1-2-4-6-5-3-1;1-2-3-4/h1-5H;1,4H,3H2. The molecule has 0 spiro atoms. The van der Waals surface area contributed by atoms with Crippen LogP contribution >= 0.6 is 0 Å². The third-order valence-corrected chi connectivity index (χ3v) is 0.658. The van der Waals surface area contributed by atoms with Gasteiger partial charge in [-0.2, -0.15) is 0 Å². The van der Waals surface area contributed by atoms with Crippen molar-refractivity contribution in [2.45, 2.75) is 0 Å². The largest absolute Gasteiger partial charge is 0.384 e. The van der Waals surface area contributed by atoms with Gasteiger partial charge in [-0.15, -0.1) is 6.42 Å². The van der Waals surface area contributed by atoms with E-state index in [4.69, 9.17) is 5.11 Å².